The number of ether oxygens (including phenoxy) is 1. The Morgan fingerprint density at radius 1 is 1.29 bits per heavy atom. The van der Waals surface area contributed by atoms with E-state index in [0.717, 1.165) is 10.2 Å². The van der Waals surface area contributed by atoms with E-state index in [-0.39, 0.29) is 0 Å². The monoisotopic (exact) mass is 288 g/mol. The second kappa shape index (κ2) is 4.98. The molecule has 0 N–H and O–H groups in total. The number of aromatic nitrogens is 1. The van der Waals surface area contributed by atoms with Gasteiger partial charge < -0.3 is 4.74 Å². The summed E-state index contributed by atoms with van der Waals surface area (Å²) in [6.07, 6.45) is 0. The van der Waals surface area contributed by atoms with E-state index in [0.29, 0.717) is 17.2 Å². The van der Waals surface area contributed by atoms with E-state index < -0.39 is 0 Å². The molecule has 0 bridgehead atoms. The average Bonchev–Trinajstić information content (AvgIpc) is 2.31. The van der Waals surface area contributed by atoms with Crippen LogP contribution in [0.2, 0.25) is 0 Å². The summed E-state index contributed by atoms with van der Waals surface area (Å²) >= 11 is 3.39. The van der Waals surface area contributed by atoms with Crippen molar-refractivity contribution >= 4 is 15.9 Å². The molecule has 1 aromatic carbocycles. The van der Waals surface area contributed by atoms with Gasteiger partial charge in [0.05, 0.1) is 16.1 Å². The number of nitrogens with zero attached hydrogens (tertiary/aromatic N) is 2. The van der Waals surface area contributed by atoms with Crippen molar-refractivity contribution in [2.75, 3.05) is 0 Å². The van der Waals surface area contributed by atoms with Gasteiger partial charge in [0.2, 0.25) is 5.88 Å². The molecule has 0 fully saturated rings. The third-order valence-corrected chi connectivity index (χ3v) is 2.77. The van der Waals surface area contributed by atoms with Crippen LogP contribution in [0.15, 0.2) is 40.9 Å². The highest BCUT2D eigenvalue weighted by Crippen LogP contribution is 2.28. The Hall–Kier alpha value is -1.86. The van der Waals surface area contributed by atoms with Crippen LogP contribution in [-0.4, -0.2) is 4.98 Å². The van der Waals surface area contributed by atoms with Crippen molar-refractivity contribution in [3.63, 3.8) is 0 Å². The predicted molar refractivity (Wildman–Crippen MR) is 67.9 cm³/mol. The maximum Gasteiger partial charge on any atom is 0.220 e. The Morgan fingerprint density at radius 2 is 2.06 bits per heavy atom. The fourth-order valence-corrected chi connectivity index (χ4v) is 1.76. The van der Waals surface area contributed by atoms with E-state index in [1.54, 1.807) is 12.1 Å². The minimum atomic E-state index is 0.424. The van der Waals surface area contributed by atoms with Gasteiger partial charge in [-0.25, -0.2) is 4.98 Å². The number of nitriles is 1. The number of pyridine rings is 1. The van der Waals surface area contributed by atoms with Crippen molar-refractivity contribution in [3.05, 3.63) is 52.1 Å². The first-order valence-corrected chi connectivity index (χ1v) is 5.79. The highest BCUT2D eigenvalue weighted by Gasteiger charge is 2.05. The molecular weight excluding hydrogens is 280 g/mol. The van der Waals surface area contributed by atoms with Gasteiger partial charge in [0.15, 0.2) is 0 Å². The molecule has 0 aliphatic carbocycles. The maximum absolute atomic E-state index is 8.86. The lowest BCUT2D eigenvalue weighted by atomic mass is 10.2. The second-order valence-electron chi connectivity index (χ2n) is 3.48. The van der Waals surface area contributed by atoms with Crippen LogP contribution in [0.1, 0.15) is 11.3 Å². The molecule has 17 heavy (non-hydrogen) atoms. The summed E-state index contributed by atoms with van der Waals surface area (Å²) in [4.78, 5) is 4.22. The number of aryl methyl sites for hydroxylation is 1. The summed E-state index contributed by atoms with van der Waals surface area (Å²) in [6, 6.07) is 12.9. The number of para-hydroxylation sites is 1. The lowest BCUT2D eigenvalue weighted by molar-refractivity contribution is 0.458. The molecule has 0 saturated carbocycles. The van der Waals surface area contributed by atoms with Crippen molar-refractivity contribution in [2.45, 2.75) is 6.92 Å². The van der Waals surface area contributed by atoms with Crippen LogP contribution in [0.4, 0.5) is 0 Å². The topological polar surface area (TPSA) is 45.9 Å². The van der Waals surface area contributed by atoms with Crippen LogP contribution in [0.3, 0.4) is 0 Å². The Bertz CT molecular complexity index is 590. The van der Waals surface area contributed by atoms with Gasteiger partial charge in [0, 0.05) is 11.8 Å². The van der Waals surface area contributed by atoms with E-state index in [2.05, 4.69) is 27.0 Å². The average molecular weight is 289 g/mol. The number of benzene rings is 1. The molecular formula is C13H9BrN2O. The molecule has 0 radical (unpaired) electrons. The number of hydrogen-bond donors (Lipinski definition) is 0. The zero-order chi connectivity index (χ0) is 12.3. The Morgan fingerprint density at radius 3 is 2.76 bits per heavy atom. The molecule has 84 valence electrons. The number of rotatable bonds is 2. The standard InChI is InChI=1S/C13H9BrN2O/c1-9-6-10(8-15)7-13(16-9)17-12-5-3-2-4-11(12)14/h2-7H,1H3. The molecule has 0 aliphatic rings. The largest absolute Gasteiger partial charge is 0.438 e. The third-order valence-electron chi connectivity index (χ3n) is 2.11. The molecule has 0 aliphatic heterocycles. The molecule has 2 aromatic rings. The highest BCUT2D eigenvalue weighted by molar-refractivity contribution is 9.10. The van der Waals surface area contributed by atoms with Gasteiger partial charge in [-0.1, -0.05) is 12.1 Å². The Balaban J connectivity index is 2.34. The lowest BCUT2D eigenvalue weighted by Gasteiger charge is -2.07. The van der Waals surface area contributed by atoms with E-state index in [1.165, 1.54) is 0 Å². The Labute approximate surface area is 108 Å². The van der Waals surface area contributed by atoms with Crippen molar-refractivity contribution < 1.29 is 4.74 Å². The molecule has 0 spiro atoms. The van der Waals surface area contributed by atoms with Crippen LogP contribution in [0.5, 0.6) is 11.6 Å². The quantitative estimate of drug-likeness (QED) is 0.844. The summed E-state index contributed by atoms with van der Waals surface area (Å²) in [5.74, 6) is 1.10. The first-order chi connectivity index (χ1) is 8.19. The molecule has 0 atom stereocenters. The van der Waals surface area contributed by atoms with Crippen molar-refractivity contribution in [1.82, 2.24) is 4.98 Å². The highest BCUT2D eigenvalue weighted by atomic mass is 79.9. The van der Waals surface area contributed by atoms with Crippen LogP contribution in [0.25, 0.3) is 0 Å². The second-order valence-corrected chi connectivity index (χ2v) is 4.33. The first-order valence-electron chi connectivity index (χ1n) is 5.00. The van der Waals surface area contributed by atoms with Crippen molar-refractivity contribution in [1.29, 1.82) is 5.26 Å². The van der Waals surface area contributed by atoms with Crippen LogP contribution in [0, 0.1) is 18.3 Å². The normalized spacial score (nSPS) is 9.71. The van der Waals surface area contributed by atoms with Crippen molar-refractivity contribution in [2.24, 2.45) is 0 Å². The van der Waals surface area contributed by atoms with Gasteiger partial charge in [-0.05, 0) is 41.1 Å². The summed E-state index contributed by atoms with van der Waals surface area (Å²) in [5.41, 5.74) is 1.30. The first kappa shape index (κ1) is 11.6. The lowest BCUT2D eigenvalue weighted by Crippen LogP contribution is -1.92. The van der Waals surface area contributed by atoms with Gasteiger partial charge in [-0.2, -0.15) is 5.26 Å². The van der Waals surface area contributed by atoms with Gasteiger partial charge in [-0.15, -0.1) is 0 Å². The van der Waals surface area contributed by atoms with Gasteiger partial charge >= 0.3 is 0 Å². The fraction of sp³-hybridized carbons (Fsp3) is 0.0769. The van der Waals surface area contributed by atoms with Crippen LogP contribution >= 0.6 is 15.9 Å². The molecule has 2 rings (SSSR count). The molecule has 0 saturated heterocycles. The number of hydrogen-bond acceptors (Lipinski definition) is 3. The zero-order valence-electron chi connectivity index (χ0n) is 9.14. The molecule has 1 aromatic heterocycles. The van der Waals surface area contributed by atoms with Gasteiger partial charge in [-0.3, -0.25) is 0 Å². The summed E-state index contributed by atoms with van der Waals surface area (Å²) in [5, 5.41) is 8.86. The molecule has 4 heteroatoms. The zero-order valence-corrected chi connectivity index (χ0v) is 10.7. The SMILES string of the molecule is Cc1cc(C#N)cc(Oc2ccccc2Br)n1. The summed E-state index contributed by atoms with van der Waals surface area (Å²) in [6.45, 7) is 1.83. The van der Waals surface area contributed by atoms with Crippen LogP contribution in [-0.2, 0) is 0 Å². The minimum Gasteiger partial charge on any atom is -0.438 e. The van der Waals surface area contributed by atoms with E-state index >= 15 is 0 Å². The smallest absolute Gasteiger partial charge is 0.220 e. The summed E-state index contributed by atoms with van der Waals surface area (Å²) in [7, 11) is 0. The third kappa shape index (κ3) is 2.83. The van der Waals surface area contributed by atoms with E-state index in [4.69, 9.17) is 10.00 Å². The maximum atomic E-state index is 8.86. The molecule has 0 unspecified atom stereocenters. The minimum absolute atomic E-state index is 0.424. The molecule has 3 nitrogen and oxygen atoms in total. The molecule has 0 amide bonds. The Kier molecular flexibility index (Phi) is 3.40. The van der Waals surface area contributed by atoms with Gasteiger partial charge in [0.1, 0.15) is 5.75 Å². The number of halogens is 1. The van der Waals surface area contributed by atoms with E-state index in [1.807, 2.05) is 31.2 Å². The summed E-state index contributed by atoms with van der Waals surface area (Å²) < 4.78 is 6.47. The molecule has 1 heterocycles. The van der Waals surface area contributed by atoms with E-state index in [9.17, 15) is 0 Å². The van der Waals surface area contributed by atoms with Crippen molar-refractivity contribution in [3.8, 4) is 17.7 Å². The van der Waals surface area contributed by atoms with Gasteiger partial charge in [0.25, 0.3) is 0 Å². The predicted octanol–water partition coefficient (Wildman–Crippen LogP) is 3.82. The fourth-order valence-electron chi connectivity index (χ4n) is 1.40. The van der Waals surface area contributed by atoms with Crippen LogP contribution < -0.4 is 4.74 Å².